The van der Waals surface area contributed by atoms with E-state index in [9.17, 15) is 13.2 Å². The SMILES string of the molecule is FC[CH]c1ccc(F)cc1F. The predicted octanol–water partition coefficient (Wildman–Crippen LogP) is 2.49. The molecular formula is C8H6F3. The molecule has 0 spiro atoms. The monoisotopic (exact) mass is 159 g/mol. The standard InChI is InChI=1S/C8H6F3/c9-4-3-6-1-2-7(10)5-8(6)11/h1-3,5H,4H2. The van der Waals surface area contributed by atoms with Crippen molar-refractivity contribution in [2.24, 2.45) is 0 Å². The Labute approximate surface area is 62.7 Å². The van der Waals surface area contributed by atoms with Crippen LogP contribution in [0.15, 0.2) is 18.2 Å². The molecule has 59 valence electrons. The van der Waals surface area contributed by atoms with Gasteiger partial charge in [0.15, 0.2) is 0 Å². The fraction of sp³-hybridized carbons (Fsp3) is 0.125. The van der Waals surface area contributed by atoms with E-state index in [4.69, 9.17) is 0 Å². The molecule has 0 bridgehead atoms. The highest BCUT2D eigenvalue weighted by atomic mass is 19.1. The summed E-state index contributed by atoms with van der Waals surface area (Å²) in [6.45, 7) is -0.747. The summed E-state index contributed by atoms with van der Waals surface area (Å²) in [4.78, 5) is 0. The van der Waals surface area contributed by atoms with Gasteiger partial charge in [-0.05, 0) is 11.6 Å². The molecule has 11 heavy (non-hydrogen) atoms. The Hall–Kier alpha value is -0.990. The van der Waals surface area contributed by atoms with E-state index in [0.717, 1.165) is 18.6 Å². The molecule has 0 saturated carbocycles. The fourth-order valence-corrected chi connectivity index (χ4v) is 0.750. The number of rotatable bonds is 2. The van der Waals surface area contributed by atoms with Gasteiger partial charge in [0.25, 0.3) is 0 Å². The largest absolute Gasteiger partial charge is 0.250 e. The van der Waals surface area contributed by atoms with Gasteiger partial charge in [-0.2, -0.15) is 0 Å². The first-order chi connectivity index (χ1) is 5.24. The molecule has 0 atom stereocenters. The second-order valence-electron chi connectivity index (χ2n) is 2.02. The van der Waals surface area contributed by atoms with Crippen LogP contribution in [0.25, 0.3) is 0 Å². The Bertz CT molecular complexity index is 245. The third-order valence-electron chi connectivity index (χ3n) is 1.26. The lowest BCUT2D eigenvalue weighted by Gasteiger charge is -1.97. The third kappa shape index (κ3) is 1.97. The van der Waals surface area contributed by atoms with E-state index in [1.165, 1.54) is 6.07 Å². The molecule has 0 aliphatic heterocycles. The molecule has 3 heteroatoms. The molecule has 1 radical (unpaired) electrons. The normalized spacial score (nSPS) is 10.1. The maximum atomic E-state index is 12.6. The highest BCUT2D eigenvalue weighted by Gasteiger charge is 2.02. The average molecular weight is 159 g/mol. The van der Waals surface area contributed by atoms with Crippen LogP contribution in [0.4, 0.5) is 13.2 Å². The van der Waals surface area contributed by atoms with Gasteiger partial charge in [0.05, 0.1) is 6.67 Å². The minimum absolute atomic E-state index is 0.0916. The van der Waals surface area contributed by atoms with Crippen LogP contribution in [0.2, 0.25) is 0 Å². The van der Waals surface area contributed by atoms with E-state index in [1.807, 2.05) is 0 Å². The van der Waals surface area contributed by atoms with Gasteiger partial charge in [-0.25, -0.2) is 8.78 Å². The van der Waals surface area contributed by atoms with Crippen molar-refractivity contribution in [3.05, 3.63) is 41.8 Å². The second kappa shape index (κ2) is 3.42. The highest BCUT2D eigenvalue weighted by molar-refractivity contribution is 5.25. The lowest BCUT2D eigenvalue weighted by atomic mass is 10.1. The van der Waals surface area contributed by atoms with Gasteiger partial charge < -0.3 is 0 Å². The zero-order chi connectivity index (χ0) is 8.27. The van der Waals surface area contributed by atoms with Crippen molar-refractivity contribution in [3.8, 4) is 0 Å². The summed E-state index contributed by atoms with van der Waals surface area (Å²) in [7, 11) is 0. The number of hydrogen-bond acceptors (Lipinski definition) is 0. The van der Waals surface area contributed by atoms with E-state index < -0.39 is 18.3 Å². The van der Waals surface area contributed by atoms with Gasteiger partial charge in [0, 0.05) is 12.5 Å². The minimum Gasteiger partial charge on any atom is -0.250 e. The molecule has 1 rings (SSSR count). The van der Waals surface area contributed by atoms with Gasteiger partial charge in [-0.15, -0.1) is 0 Å². The van der Waals surface area contributed by atoms with E-state index in [-0.39, 0.29) is 5.56 Å². The van der Waals surface area contributed by atoms with Crippen molar-refractivity contribution in [3.63, 3.8) is 0 Å². The van der Waals surface area contributed by atoms with Crippen LogP contribution >= 0.6 is 0 Å². The summed E-state index contributed by atoms with van der Waals surface area (Å²) < 4.78 is 36.5. The Morgan fingerprint density at radius 3 is 2.55 bits per heavy atom. The molecule has 0 fully saturated rings. The van der Waals surface area contributed by atoms with Crippen molar-refractivity contribution in [2.45, 2.75) is 0 Å². The number of halogens is 3. The number of hydrogen-bond donors (Lipinski definition) is 0. The summed E-state index contributed by atoms with van der Waals surface area (Å²) in [6.07, 6.45) is 1.05. The van der Waals surface area contributed by atoms with Gasteiger partial charge in [0.2, 0.25) is 0 Å². The topological polar surface area (TPSA) is 0 Å². The molecule has 0 saturated heterocycles. The van der Waals surface area contributed by atoms with E-state index in [0.29, 0.717) is 0 Å². The third-order valence-corrected chi connectivity index (χ3v) is 1.26. The van der Waals surface area contributed by atoms with Crippen LogP contribution in [0, 0.1) is 18.1 Å². The molecule has 0 aromatic heterocycles. The van der Waals surface area contributed by atoms with Crippen LogP contribution in [-0.4, -0.2) is 6.67 Å². The van der Waals surface area contributed by atoms with E-state index >= 15 is 0 Å². The van der Waals surface area contributed by atoms with Crippen molar-refractivity contribution < 1.29 is 13.2 Å². The molecule has 0 N–H and O–H groups in total. The highest BCUT2D eigenvalue weighted by Crippen LogP contribution is 2.11. The quantitative estimate of drug-likeness (QED) is 0.621. The zero-order valence-electron chi connectivity index (χ0n) is 5.65. The molecule has 0 aliphatic rings. The maximum Gasteiger partial charge on any atom is 0.129 e. The molecule has 1 aromatic rings. The first-order valence-electron chi connectivity index (χ1n) is 3.08. The lowest BCUT2D eigenvalue weighted by molar-refractivity contribution is 0.533. The van der Waals surface area contributed by atoms with Crippen LogP contribution in [0.3, 0.4) is 0 Å². The summed E-state index contributed by atoms with van der Waals surface area (Å²) in [5.41, 5.74) is 0.0916. The minimum atomic E-state index is -0.747. The van der Waals surface area contributed by atoms with Crippen molar-refractivity contribution >= 4 is 0 Å². The van der Waals surface area contributed by atoms with E-state index in [2.05, 4.69) is 0 Å². The summed E-state index contributed by atoms with van der Waals surface area (Å²) >= 11 is 0. The van der Waals surface area contributed by atoms with Crippen LogP contribution < -0.4 is 0 Å². The van der Waals surface area contributed by atoms with E-state index in [1.54, 1.807) is 0 Å². The van der Waals surface area contributed by atoms with Gasteiger partial charge in [-0.3, -0.25) is 4.39 Å². The predicted molar refractivity (Wildman–Crippen MR) is 35.7 cm³/mol. The van der Waals surface area contributed by atoms with Gasteiger partial charge in [0.1, 0.15) is 11.6 Å². The number of alkyl halides is 1. The smallest absolute Gasteiger partial charge is 0.129 e. The van der Waals surface area contributed by atoms with Gasteiger partial charge in [-0.1, -0.05) is 6.07 Å². The van der Waals surface area contributed by atoms with Crippen molar-refractivity contribution in [1.29, 1.82) is 0 Å². The molecule has 0 amide bonds. The maximum absolute atomic E-state index is 12.6. The van der Waals surface area contributed by atoms with Crippen LogP contribution in [0.1, 0.15) is 5.56 Å². The second-order valence-corrected chi connectivity index (χ2v) is 2.02. The average Bonchev–Trinajstić information content (AvgIpc) is 1.95. The first-order valence-corrected chi connectivity index (χ1v) is 3.08. The Morgan fingerprint density at radius 2 is 2.00 bits per heavy atom. The molecule has 0 heterocycles. The summed E-state index contributed by atoms with van der Waals surface area (Å²) in [6, 6.07) is 3.01. The Kier molecular flexibility index (Phi) is 2.52. The zero-order valence-corrected chi connectivity index (χ0v) is 5.65. The van der Waals surface area contributed by atoms with Crippen molar-refractivity contribution in [1.82, 2.24) is 0 Å². The molecule has 0 aliphatic carbocycles. The molecular weight excluding hydrogens is 153 g/mol. The number of benzene rings is 1. The Balaban J connectivity index is 2.90. The summed E-state index contributed by atoms with van der Waals surface area (Å²) in [5, 5.41) is 0. The van der Waals surface area contributed by atoms with Crippen molar-refractivity contribution in [2.75, 3.05) is 6.67 Å². The lowest BCUT2D eigenvalue weighted by Crippen LogP contribution is -1.90. The van der Waals surface area contributed by atoms with Crippen LogP contribution in [0.5, 0.6) is 0 Å². The van der Waals surface area contributed by atoms with Crippen LogP contribution in [-0.2, 0) is 0 Å². The first kappa shape index (κ1) is 8.11. The Morgan fingerprint density at radius 1 is 1.27 bits per heavy atom. The van der Waals surface area contributed by atoms with Gasteiger partial charge >= 0.3 is 0 Å². The summed E-state index contributed by atoms with van der Waals surface area (Å²) in [5.74, 6) is -1.39. The molecule has 0 unspecified atom stereocenters. The molecule has 1 aromatic carbocycles. The molecule has 0 nitrogen and oxygen atoms in total. The fourth-order valence-electron chi connectivity index (χ4n) is 0.750.